The molecule has 0 saturated carbocycles. The van der Waals surface area contributed by atoms with Gasteiger partial charge >= 0.3 is 5.97 Å². The molecule has 0 aliphatic carbocycles. The summed E-state index contributed by atoms with van der Waals surface area (Å²) >= 11 is 1.13. The van der Waals surface area contributed by atoms with Gasteiger partial charge in [0.25, 0.3) is 0 Å². The quantitative estimate of drug-likeness (QED) is 0.770. The van der Waals surface area contributed by atoms with Gasteiger partial charge in [0.2, 0.25) is 5.95 Å². The standard InChI is InChI=1S/C9H16N4O2S/c1-9(2,3)5-13-7(10)11-12-8(13)16-4-6(14)15/h4-5H2,1-3H3,(H2,10,11)(H,14,15). The Morgan fingerprint density at radius 2 is 2.12 bits per heavy atom. The predicted molar refractivity (Wildman–Crippen MR) is 62.2 cm³/mol. The molecule has 1 heterocycles. The molecule has 0 aliphatic heterocycles. The number of nitrogens with zero attached hydrogens (tertiary/aromatic N) is 3. The highest BCUT2D eigenvalue weighted by Crippen LogP contribution is 2.24. The van der Waals surface area contributed by atoms with Gasteiger partial charge in [-0.1, -0.05) is 32.5 Å². The average molecular weight is 244 g/mol. The summed E-state index contributed by atoms with van der Waals surface area (Å²) in [6.45, 7) is 6.86. The van der Waals surface area contributed by atoms with E-state index in [2.05, 4.69) is 31.0 Å². The fourth-order valence-corrected chi connectivity index (χ4v) is 1.82. The molecule has 6 nitrogen and oxygen atoms in total. The Morgan fingerprint density at radius 1 is 1.50 bits per heavy atom. The molecule has 0 amide bonds. The van der Waals surface area contributed by atoms with Gasteiger partial charge in [0.15, 0.2) is 5.16 Å². The topological polar surface area (TPSA) is 94.0 Å². The zero-order valence-corrected chi connectivity index (χ0v) is 10.4. The number of nitrogen functional groups attached to an aromatic ring is 1. The van der Waals surface area contributed by atoms with E-state index in [1.165, 1.54) is 0 Å². The van der Waals surface area contributed by atoms with Gasteiger partial charge in [0, 0.05) is 6.54 Å². The van der Waals surface area contributed by atoms with Crippen molar-refractivity contribution >= 4 is 23.7 Å². The van der Waals surface area contributed by atoms with Crippen molar-refractivity contribution in [2.45, 2.75) is 32.5 Å². The second-order valence-electron chi connectivity index (χ2n) is 4.67. The molecule has 1 aromatic rings. The molecule has 0 fully saturated rings. The van der Waals surface area contributed by atoms with E-state index >= 15 is 0 Å². The first-order valence-electron chi connectivity index (χ1n) is 4.83. The van der Waals surface area contributed by atoms with E-state index in [9.17, 15) is 4.79 Å². The van der Waals surface area contributed by atoms with Crippen LogP contribution in [-0.4, -0.2) is 31.6 Å². The SMILES string of the molecule is CC(C)(C)Cn1c(N)nnc1SCC(=O)O. The van der Waals surface area contributed by atoms with Crippen molar-refractivity contribution in [2.75, 3.05) is 11.5 Å². The van der Waals surface area contributed by atoms with Gasteiger partial charge in [-0.2, -0.15) is 0 Å². The Bertz CT molecular complexity index is 383. The summed E-state index contributed by atoms with van der Waals surface area (Å²) < 4.78 is 1.74. The monoisotopic (exact) mass is 244 g/mol. The minimum absolute atomic E-state index is 0.0367. The van der Waals surface area contributed by atoms with E-state index in [0.29, 0.717) is 17.6 Å². The zero-order valence-electron chi connectivity index (χ0n) is 9.60. The Balaban J connectivity index is 2.81. The summed E-state index contributed by atoms with van der Waals surface area (Å²) in [5, 5.41) is 16.8. The number of carbonyl (C=O) groups is 1. The maximum Gasteiger partial charge on any atom is 0.313 e. The molecular weight excluding hydrogens is 228 g/mol. The molecule has 1 aromatic heterocycles. The fourth-order valence-electron chi connectivity index (χ4n) is 1.16. The van der Waals surface area contributed by atoms with Gasteiger partial charge in [-0.15, -0.1) is 10.2 Å². The van der Waals surface area contributed by atoms with Crippen LogP contribution in [-0.2, 0) is 11.3 Å². The fraction of sp³-hybridized carbons (Fsp3) is 0.667. The summed E-state index contributed by atoms with van der Waals surface area (Å²) in [5.74, 6) is -0.598. The Kier molecular flexibility index (Phi) is 3.79. The maximum absolute atomic E-state index is 10.5. The molecule has 0 bridgehead atoms. The summed E-state index contributed by atoms with van der Waals surface area (Å²) in [5.41, 5.74) is 5.72. The molecule has 1 rings (SSSR count). The van der Waals surface area contributed by atoms with Crippen LogP contribution in [0.15, 0.2) is 5.16 Å². The molecule has 3 N–H and O–H groups in total. The van der Waals surface area contributed by atoms with E-state index in [1.54, 1.807) is 4.57 Å². The number of hydrogen-bond acceptors (Lipinski definition) is 5. The molecule has 0 aliphatic rings. The van der Waals surface area contributed by atoms with E-state index in [4.69, 9.17) is 10.8 Å². The lowest BCUT2D eigenvalue weighted by Crippen LogP contribution is -2.18. The van der Waals surface area contributed by atoms with E-state index in [-0.39, 0.29) is 11.2 Å². The second-order valence-corrected chi connectivity index (χ2v) is 5.61. The molecule has 0 saturated heterocycles. The van der Waals surface area contributed by atoms with Crippen molar-refractivity contribution in [1.82, 2.24) is 14.8 Å². The Labute approximate surface area is 98.2 Å². The third-order valence-electron chi connectivity index (χ3n) is 1.70. The lowest BCUT2D eigenvalue weighted by atomic mass is 9.97. The molecule has 0 unspecified atom stereocenters. The molecule has 0 spiro atoms. The highest BCUT2D eigenvalue weighted by molar-refractivity contribution is 7.99. The second kappa shape index (κ2) is 4.73. The van der Waals surface area contributed by atoms with Crippen molar-refractivity contribution in [2.24, 2.45) is 5.41 Å². The molecule has 7 heteroatoms. The number of aliphatic carboxylic acids is 1. The number of nitrogens with two attached hydrogens (primary N) is 1. The molecule has 0 radical (unpaired) electrons. The first-order valence-corrected chi connectivity index (χ1v) is 5.81. The summed E-state index contributed by atoms with van der Waals surface area (Å²) in [7, 11) is 0. The first kappa shape index (κ1) is 12.8. The van der Waals surface area contributed by atoms with Crippen LogP contribution in [0.4, 0.5) is 5.95 Å². The van der Waals surface area contributed by atoms with E-state index in [0.717, 1.165) is 11.8 Å². The van der Waals surface area contributed by atoms with Crippen molar-refractivity contribution in [3.8, 4) is 0 Å². The molecular formula is C9H16N4O2S. The van der Waals surface area contributed by atoms with Gasteiger partial charge in [-0.3, -0.25) is 9.36 Å². The molecule has 0 atom stereocenters. The van der Waals surface area contributed by atoms with Crippen molar-refractivity contribution in [3.63, 3.8) is 0 Å². The van der Waals surface area contributed by atoms with E-state index < -0.39 is 5.97 Å². The minimum Gasteiger partial charge on any atom is -0.481 e. The summed E-state index contributed by atoms with van der Waals surface area (Å²) in [4.78, 5) is 10.5. The highest BCUT2D eigenvalue weighted by Gasteiger charge is 2.18. The Hall–Kier alpha value is -1.24. The smallest absolute Gasteiger partial charge is 0.313 e. The van der Waals surface area contributed by atoms with Crippen molar-refractivity contribution < 1.29 is 9.90 Å². The largest absolute Gasteiger partial charge is 0.481 e. The van der Waals surface area contributed by atoms with Crippen LogP contribution in [0.5, 0.6) is 0 Å². The lowest BCUT2D eigenvalue weighted by molar-refractivity contribution is -0.133. The number of hydrogen-bond donors (Lipinski definition) is 2. The molecule has 16 heavy (non-hydrogen) atoms. The van der Waals surface area contributed by atoms with Gasteiger partial charge in [0.1, 0.15) is 0 Å². The van der Waals surface area contributed by atoms with Crippen LogP contribution in [0.2, 0.25) is 0 Å². The number of carboxylic acid groups (broad SMARTS) is 1. The highest BCUT2D eigenvalue weighted by atomic mass is 32.2. The summed E-state index contributed by atoms with van der Waals surface area (Å²) in [6.07, 6.45) is 0. The summed E-state index contributed by atoms with van der Waals surface area (Å²) in [6, 6.07) is 0. The van der Waals surface area contributed by atoms with Crippen LogP contribution in [0.25, 0.3) is 0 Å². The number of thioether (sulfide) groups is 1. The van der Waals surface area contributed by atoms with Gasteiger partial charge in [-0.05, 0) is 5.41 Å². The van der Waals surface area contributed by atoms with E-state index in [1.807, 2.05) is 0 Å². The van der Waals surface area contributed by atoms with Gasteiger partial charge < -0.3 is 10.8 Å². The predicted octanol–water partition coefficient (Wildman–Crippen LogP) is 1.08. The van der Waals surface area contributed by atoms with Crippen LogP contribution >= 0.6 is 11.8 Å². The van der Waals surface area contributed by atoms with Gasteiger partial charge in [0.05, 0.1) is 5.75 Å². The number of rotatable bonds is 4. The molecule has 0 aromatic carbocycles. The van der Waals surface area contributed by atoms with Gasteiger partial charge in [-0.25, -0.2) is 0 Å². The number of carboxylic acids is 1. The number of aromatic nitrogens is 3. The average Bonchev–Trinajstić information content (AvgIpc) is 2.43. The van der Waals surface area contributed by atoms with Crippen LogP contribution in [0, 0.1) is 5.41 Å². The third-order valence-corrected chi connectivity index (χ3v) is 2.65. The molecule has 90 valence electrons. The lowest BCUT2D eigenvalue weighted by Gasteiger charge is -2.20. The third kappa shape index (κ3) is 3.73. The first-order chi connectivity index (χ1) is 7.29. The maximum atomic E-state index is 10.5. The van der Waals surface area contributed by atoms with Crippen molar-refractivity contribution in [3.05, 3.63) is 0 Å². The Morgan fingerprint density at radius 3 is 2.62 bits per heavy atom. The van der Waals surface area contributed by atoms with Crippen LogP contribution in [0.3, 0.4) is 0 Å². The zero-order chi connectivity index (χ0) is 12.3. The van der Waals surface area contributed by atoms with Crippen molar-refractivity contribution in [1.29, 1.82) is 0 Å². The minimum atomic E-state index is -0.881. The van der Waals surface area contributed by atoms with Crippen LogP contribution < -0.4 is 5.73 Å². The van der Waals surface area contributed by atoms with Crippen LogP contribution in [0.1, 0.15) is 20.8 Å². The normalized spacial score (nSPS) is 11.7. The number of anilines is 1.